The monoisotopic (exact) mass is 328 g/mol. The lowest BCUT2D eigenvalue weighted by molar-refractivity contribution is -0.137. The number of hydrogen-bond acceptors (Lipinski definition) is 1. The van der Waals surface area contributed by atoms with Crippen molar-refractivity contribution in [2.24, 2.45) is 0 Å². The van der Waals surface area contributed by atoms with E-state index in [1.54, 1.807) is 48.5 Å². The van der Waals surface area contributed by atoms with Gasteiger partial charge in [-0.15, -0.1) is 0 Å². The van der Waals surface area contributed by atoms with Crippen LogP contribution in [0.1, 0.15) is 22.3 Å². The van der Waals surface area contributed by atoms with E-state index >= 15 is 0 Å². The molecule has 0 aromatic heterocycles. The number of alkyl halides is 3. The summed E-state index contributed by atoms with van der Waals surface area (Å²) in [6.07, 6.45) is -4.41. The Labute approximate surface area is 138 Å². The van der Waals surface area contributed by atoms with Crippen molar-refractivity contribution >= 4 is 0 Å². The Hall–Kier alpha value is -2.59. The standard InChI is InChI=1S/C20H15F3O/c21-20(22,23)18-13-11-17(12-14-18)19(24,15-7-3-1-4-8-15)16-9-5-2-6-10-16/h1-14,24H. The van der Waals surface area contributed by atoms with Gasteiger partial charge in [0.15, 0.2) is 0 Å². The maximum atomic E-state index is 12.8. The highest BCUT2D eigenvalue weighted by atomic mass is 19.4. The van der Waals surface area contributed by atoms with Gasteiger partial charge in [0.05, 0.1) is 5.56 Å². The average Bonchev–Trinajstić information content (AvgIpc) is 2.62. The van der Waals surface area contributed by atoms with E-state index in [0.29, 0.717) is 16.7 Å². The summed E-state index contributed by atoms with van der Waals surface area (Å²) in [7, 11) is 0. The van der Waals surface area contributed by atoms with Crippen LogP contribution in [0.4, 0.5) is 13.2 Å². The van der Waals surface area contributed by atoms with E-state index < -0.39 is 17.3 Å². The van der Waals surface area contributed by atoms with Crippen molar-refractivity contribution < 1.29 is 18.3 Å². The van der Waals surface area contributed by atoms with Crippen molar-refractivity contribution in [3.8, 4) is 0 Å². The fourth-order valence-corrected chi connectivity index (χ4v) is 2.76. The van der Waals surface area contributed by atoms with Crippen LogP contribution in [0.2, 0.25) is 0 Å². The molecule has 0 atom stereocenters. The molecule has 1 N–H and O–H groups in total. The largest absolute Gasteiger partial charge is 0.416 e. The van der Waals surface area contributed by atoms with Gasteiger partial charge in [0.25, 0.3) is 0 Å². The van der Waals surface area contributed by atoms with Crippen molar-refractivity contribution in [2.45, 2.75) is 11.8 Å². The van der Waals surface area contributed by atoms with Crippen LogP contribution < -0.4 is 0 Å². The van der Waals surface area contributed by atoms with Crippen LogP contribution in [0.3, 0.4) is 0 Å². The van der Waals surface area contributed by atoms with Gasteiger partial charge in [0.2, 0.25) is 0 Å². The highest BCUT2D eigenvalue weighted by molar-refractivity contribution is 5.47. The van der Waals surface area contributed by atoms with Crippen LogP contribution in [0.5, 0.6) is 0 Å². The van der Waals surface area contributed by atoms with Crippen molar-refractivity contribution in [1.82, 2.24) is 0 Å². The average molecular weight is 328 g/mol. The lowest BCUT2D eigenvalue weighted by Crippen LogP contribution is -2.28. The Kier molecular flexibility index (Phi) is 4.16. The first kappa shape index (κ1) is 16.3. The topological polar surface area (TPSA) is 20.2 Å². The molecule has 0 spiro atoms. The summed E-state index contributed by atoms with van der Waals surface area (Å²) in [6.45, 7) is 0. The van der Waals surface area contributed by atoms with Crippen LogP contribution in [-0.4, -0.2) is 5.11 Å². The molecular formula is C20H15F3O. The third-order valence-corrected chi connectivity index (χ3v) is 4.01. The normalized spacial score (nSPS) is 12.2. The van der Waals surface area contributed by atoms with Gasteiger partial charge in [-0.3, -0.25) is 0 Å². The molecule has 122 valence electrons. The number of hydrogen-bond donors (Lipinski definition) is 1. The fraction of sp³-hybridized carbons (Fsp3) is 0.100. The number of rotatable bonds is 3. The summed E-state index contributed by atoms with van der Waals surface area (Å²) in [5, 5.41) is 11.4. The maximum Gasteiger partial charge on any atom is 0.416 e. The first-order valence-electron chi connectivity index (χ1n) is 7.43. The molecule has 0 fully saturated rings. The molecule has 4 heteroatoms. The zero-order chi connectivity index (χ0) is 17.2. The lowest BCUT2D eigenvalue weighted by Gasteiger charge is -2.30. The van der Waals surface area contributed by atoms with E-state index in [0.717, 1.165) is 12.1 Å². The molecule has 0 amide bonds. The Bertz CT molecular complexity index is 754. The van der Waals surface area contributed by atoms with E-state index in [1.807, 2.05) is 12.1 Å². The fourth-order valence-electron chi connectivity index (χ4n) is 2.76. The maximum absolute atomic E-state index is 12.8. The lowest BCUT2D eigenvalue weighted by atomic mass is 9.80. The minimum absolute atomic E-state index is 0.382. The number of aliphatic hydroxyl groups is 1. The Morgan fingerprint density at radius 3 is 1.21 bits per heavy atom. The zero-order valence-electron chi connectivity index (χ0n) is 12.7. The summed E-state index contributed by atoms with van der Waals surface area (Å²) in [5.74, 6) is 0. The molecule has 0 radical (unpaired) electrons. The first-order chi connectivity index (χ1) is 11.4. The predicted octanol–water partition coefficient (Wildman–Crippen LogP) is 4.99. The zero-order valence-corrected chi connectivity index (χ0v) is 12.7. The van der Waals surface area contributed by atoms with Gasteiger partial charge in [-0.05, 0) is 28.8 Å². The van der Waals surface area contributed by atoms with E-state index in [9.17, 15) is 18.3 Å². The molecule has 0 heterocycles. The van der Waals surface area contributed by atoms with E-state index in [-0.39, 0.29) is 0 Å². The summed E-state index contributed by atoms with van der Waals surface area (Å²) < 4.78 is 38.4. The van der Waals surface area contributed by atoms with Crippen molar-refractivity contribution in [1.29, 1.82) is 0 Å². The molecule has 3 aromatic carbocycles. The van der Waals surface area contributed by atoms with Gasteiger partial charge in [-0.25, -0.2) is 0 Å². The molecule has 24 heavy (non-hydrogen) atoms. The summed E-state index contributed by atoms with van der Waals surface area (Å²) >= 11 is 0. The molecule has 0 aliphatic heterocycles. The smallest absolute Gasteiger partial charge is 0.376 e. The highest BCUT2D eigenvalue weighted by Gasteiger charge is 2.35. The van der Waals surface area contributed by atoms with Gasteiger partial charge in [-0.1, -0.05) is 72.8 Å². The van der Waals surface area contributed by atoms with Crippen LogP contribution in [0, 0.1) is 0 Å². The van der Waals surface area contributed by atoms with Gasteiger partial charge in [0.1, 0.15) is 5.60 Å². The van der Waals surface area contributed by atoms with Crippen LogP contribution in [0.25, 0.3) is 0 Å². The van der Waals surface area contributed by atoms with E-state index in [2.05, 4.69) is 0 Å². The van der Waals surface area contributed by atoms with Gasteiger partial charge < -0.3 is 5.11 Å². The quantitative estimate of drug-likeness (QED) is 0.672. The predicted molar refractivity (Wildman–Crippen MR) is 86.4 cm³/mol. The van der Waals surface area contributed by atoms with Crippen molar-refractivity contribution in [3.05, 3.63) is 107 Å². The molecule has 0 saturated carbocycles. The highest BCUT2D eigenvalue weighted by Crippen LogP contribution is 2.38. The van der Waals surface area contributed by atoms with E-state index in [1.165, 1.54) is 12.1 Å². The molecular weight excluding hydrogens is 313 g/mol. The summed E-state index contributed by atoms with van der Waals surface area (Å²) in [4.78, 5) is 0. The Morgan fingerprint density at radius 2 is 0.833 bits per heavy atom. The Balaban J connectivity index is 2.16. The third kappa shape index (κ3) is 2.93. The van der Waals surface area contributed by atoms with Crippen LogP contribution >= 0.6 is 0 Å². The molecule has 3 aromatic rings. The second-order valence-electron chi connectivity index (χ2n) is 5.52. The molecule has 0 unspecified atom stereocenters. The van der Waals surface area contributed by atoms with Crippen LogP contribution in [-0.2, 0) is 11.8 Å². The van der Waals surface area contributed by atoms with E-state index in [4.69, 9.17) is 0 Å². The summed E-state index contributed by atoms with van der Waals surface area (Å²) in [5.41, 5.74) is -0.693. The van der Waals surface area contributed by atoms with Crippen molar-refractivity contribution in [3.63, 3.8) is 0 Å². The first-order valence-corrected chi connectivity index (χ1v) is 7.43. The number of halogens is 3. The third-order valence-electron chi connectivity index (χ3n) is 4.01. The molecule has 0 bridgehead atoms. The van der Waals surface area contributed by atoms with Gasteiger partial charge in [0, 0.05) is 0 Å². The Morgan fingerprint density at radius 1 is 0.500 bits per heavy atom. The van der Waals surface area contributed by atoms with Gasteiger partial charge >= 0.3 is 6.18 Å². The second kappa shape index (κ2) is 6.13. The number of benzene rings is 3. The molecule has 0 aliphatic carbocycles. The minimum Gasteiger partial charge on any atom is -0.376 e. The van der Waals surface area contributed by atoms with Gasteiger partial charge in [-0.2, -0.15) is 13.2 Å². The SMILES string of the molecule is OC(c1ccccc1)(c1ccccc1)c1ccc(C(F)(F)F)cc1. The molecule has 1 nitrogen and oxygen atoms in total. The molecule has 0 saturated heterocycles. The minimum atomic E-state index is -4.41. The van der Waals surface area contributed by atoms with Crippen molar-refractivity contribution in [2.75, 3.05) is 0 Å². The molecule has 3 rings (SSSR count). The second-order valence-corrected chi connectivity index (χ2v) is 5.52. The summed E-state index contributed by atoms with van der Waals surface area (Å²) in [6, 6.07) is 22.4. The molecule has 0 aliphatic rings. The van der Waals surface area contributed by atoms with Crippen LogP contribution in [0.15, 0.2) is 84.9 Å².